The maximum Gasteiger partial charge on any atom is 0.307 e. The molecule has 1 aromatic heterocycles. The van der Waals surface area contributed by atoms with Crippen LogP contribution < -0.4 is 15.3 Å². The Balaban J connectivity index is 2.25. The summed E-state index contributed by atoms with van der Waals surface area (Å²) in [6, 6.07) is 7.99. The molecule has 0 saturated carbocycles. The molecule has 2 N–H and O–H groups in total. The van der Waals surface area contributed by atoms with Gasteiger partial charge in [-0.25, -0.2) is 0 Å². The van der Waals surface area contributed by atoms with Crippen molar-refractivity contribution in [1.29, 1.82) is 0 Å². The number of thiazole rings is 1. The summed E-state index contributed by atoms with van der Waals surface area (Å²) in [4.78, 5) is 13.3. The molecule has 4 nitrogen and oxygen atoms in total. The molecule has 0 aliphatic heterocycles. The van der Waals surface area contributed by atoms with Crippen molar-refractivity contribution < 1.29 is 4.74 Å². The zero-order valence-corrected chi connectivity index (χ0v) is 14.1. The third-order valence-electron chi connectivity index (χ3n) is 3.50. The maximum absolute atomic E-state index is 12.2. The van der Waals surface area contributed by atoms with Crippen molar-refractivity contribution in [3.8, 4) is 17.0 Å². The fourth-order valence-electron chi connectivity index (χ4n) is 2.42. The predicted octanol–water partition coefficient (Wildman–Crippen LogP) is 3.41. The molecule has 0 radical (unpaired) electrons. The van der Waals surface area contributed by atoms with Gasteiger partial charge in [-0.2, -0.15) is 0 Å². The molecule has 0 fully saturated rings. The van der Waals surface area contributed by atoms with Crippen LogP contribution in [0.2, 0.25) is 0 Å². The summed E-state index contributed by atoms with van der Waals surface area (Å²) >= 11 is 1.31. The van der Waals surface area contributed by atoms with E-state index in [9.17, 15) is 4.79 Å². The van der Waals surface area contributed by atoms with Crippen LogP contribution in [0.3, 0.4) is 0 Å². The van der Waals surface area contributed by atoms with Crippen molar-refractivity contribution >= 4 is 11.3 Å². The van der Waals surface area contributed by atoms with Gasteiger partial charge in [0.15, 0.2) is 0 Å². The number of rotatable bonds is 8. The molecule has 0 amide bonds. The summed E-state index contributed by atoms with van der Waals surface area (Å²) in [7, 11) is 0. The maximum atomic E-state index is 12.2. The van der Waals surface area contributed by atoms with E-state index in [1.54, 1.807) is 0 Å². The first-order valence-corrected chi connectivity index (χ1v) is 8.62. The lowest BCUT2D eigenvalue weighted by molar-refractivity contribution is 0.317. The topological polar surface area (TPSA) is 57.2 Å². The highest BCUT2D eigenvalue weighted by Gasteiger charge is 2.13. The Labute approximate surface area is 135 Å². The van der Waals surface area contributed by atoms with Crippen molar-refractivity contribution in [3.05, 3.63) is 38.8 Å². The lowest BCUT2D eigenvalue weighted by atomic mass is 10.1. The number of unbranched alkanes of at least 4 members (excludes halogenated alkanes) is 1. The van der Waals surface area contributed by atoms with Crippen molar-refractivity contribution in [3.63, 3.8) is 0 Å². The molecule has 0 aliphatic rings. The molecule has 22 heavy (non-hydrogen) atoms. The third-order valence-corrected chi connectivity index (χ3v) is 4.40. The average molecular weight is 320 g/mol. The van der Waals surface area contributed by atoms with E-state index in [1.165, 1.54) is 11.3 Å². The summed E-state index contributed by atoms with van der Waals surface area (Å²) < 4.78 is 7.48. The Hall–Kier alpha value is -1.59. The van der Waals surface area contributed by atoms with E-state index in [0.717, 1.165) is 54.3 Å². The second-order valence-corrected chi connectivity index (χ2v) is 6.46. The second kappa shape index (κ2) is 8.15. The molecule has 0 saturated heterocycles. The number of ether oxygens (including phenoxy) is 1. The molecular weight excluding hydrogens is 296 g/mol. The molecule has 120 valence electrons. The molecule has 2 rings (SSSR count). The third kappa shape index (κ3) is 3.99. The van der Waals surface area contributed by atoms with Crippen LogP contribution in [0.15, 0.2) is 29.1 Å². The van der Waals surface area contributed by atoms with E-state index in [1.807, 2.05) is 35.8 Å². The quantitative estimate of drug-likeness (QED) is 0.758. The van der Waals surface area contributed by atoms with Gasteiger partial charge < -0.3 is 10.5 Å². The van der Waals surface area contributed by atoms with Crippen LogP contribution in [-0.4, -0.2) is 17.7 Å². The first kappa shape index (κ1) is 16.8. The largest absolute Gasteiger partial charge is 0.494 e. The van der Waals surface area contributed by atoms with Gasteiger partial charge in [-0.05, 0) is 62.6 Å². The minimum Gasteiger partial charge on any atom is -0.494 e. The lowest BCUT2D eigenvalue weighted by Crippen LogP contribution is -2.15. The molecule has 0 spiro atoms. The smallest absolute Gasteiger partial charge is 0.307 e. The van der Waals surface area contributed by atoms with Gasteiger partial charge in [-0.15, -0.1) is 0 Å². The van der Waals surface area contributed by atoms with Gasteiger partial charge in [0.05, 0.1) is 12.3 Å². The predicted molar refractivity (Wildman–Crippen MR) is 92.8 cm³/mol. The summed E-state index contributed by atoms with van der Waals surface area (Å²) in [5, 5.41) is 0. The monoisotopic (exact) mass is 320 g/mol. The average Bonchev–Trinajstić information content (AvgIpc) is 2.80. The number of aryl methyl sites for hydroxylation is 1. The Kier molecular flexibility index (Phi) is 6.21. The Morgan fingerprint density at radius 2 is 1.95 bits per heavy atom. The van der Waals surface area contributed by atoms with Crippen molar-refractivity contribution in [1.82, 2.24) is 4.57 Å². The zero-order chi connectivity index (χ0) is 15.9. The Morgan fingerprint density at radius 3 is 2.59 bits per heavy atom. The number of hydrogen-bond acceptors (Lipinski definition) is 4. The highest BCUT2D eigenvalue weighted by Crippen LogP contribution is 2.27. The molecule has 0 aliphatic carbocycles. The summed E-state index contributed by atoms with van der Waals surface area (Å²) in [6.07, 6.45) is 2.86. The van der Waals surface area contributed by atoms with Crippen molar-refractivity contribution in [2.45, 2.75) is 39.7 Å². The first-order valence-electron chi connectivity index (χ1n) is 7.81. The van der Waals surface area contributed by atoms with Crippen molar-refractivity contribution in [2.24, 2.45) is 5.73 Å². The fourth-order valence-corrected chi connectivity index (χ4v) is 3.30. The standard InChI is InChI=1S/C17H24N2O2S/c1-3-12-21-15-8-6-14(7-9-15)16-13(2)22-17(20)19(16)11-5-4-10-18/h6-9H,3-5,10-12,18H2,1-2H3. The first-order chi connectivity index (χ1) is 10.7. The van der Waals surface area contributed by atoms with Crippen LogP contribution in [0.5, 0.6) is 5.75 Å². The minimum atomic E-state index is 0.107. The van der Waals surface area contributed by atoms with E-state index in [-0.39, 0.29) is 4.87 Å². The number of nitrogens with zero attached hydrogens (tertiary/aromatic N) is 1. The van der Waals surface area contributed by atoms with E-state index < -0.39 is 0 Å². The minimum absolute atomic E-state index is 0.107. The van der Waals surface area contributed by atoms with Crippen LogP contribution in [0.1, 0.15) is 31.1 Å². The molecule has 0 bridgehead atoms. The summed E-state index contributed by atoms with van der Waals surface area (Å²) in [5.74, 6) is 0.871. The molecule has 1 heterocycles. The molecule has 0 atom stereocenters. The van der Waals surface area contributed by atoms with Gasteiger partial charge in [0.25, 0.3) is 0 Å². The second-order valence-electron chi connectivity index (χ2n) is 5.29. The van der Waals surface area contributed by atoms with Crippen molar-refractivity contribution in [2.75, 3.05) is 13.2 Å². The molecular formula is C17H24N2O2S. The van der Waals surface area contributed by atoms with Gasteiger partial charge in [0.1, 0.15) is 5.75 Å². The van der Waals surface area contributed by atoms with E-state index >= 15 is 0 Å². The summed E-state index contributed by atoms with van der Waals surface area (Å²) in [5.41, 5.74) is 7.63. The SMILES string of the molecule is CCCOc1ccc(-c2c(C)sc(=O)n2CCCCN)cc1. The van der Waals surface area contributed by atoms with Gasteiger partial charge in [0.2, 0.25) is 0 Å². The zero-order valence-electron chi connectivity index (χ0n) is 13.3. The van der Waals surface area contributed by atoms with Crippen LogP contribution >= 0.6 is 11.3 Å². The van der Waals surface area contributed by atoms with Gasteiger partial charge in [-0.3, -0.25) is 9.36 Å². The number of aromatic nitrogens is 1. The fraction of sp³-hybridized carbons (Fsp3) is 0.471. The van der Waals surface area contributed by atoms with E-state index in [4.69, 9.17) is 10.5 Å². The highest BCUT2D eigenvalue weighted by atomic mass is 32.1. The van der Waals surface area contributed by atoms with Crippen LogP contribution in [0.25, 0.3) is 11.3 Å². The van der Waals surface area contributed by atoms with E-state index in [0.29, 0.717) is 6.54 Å². The lowest BCUT2D eigenvalue weighted by Gasteiger charge is -2.10. The number of nitrogens with two attached hydrogens (primary N) is 1. The molecule has 2 aromatic rings. The molecule has 5 heteroatoms. The van der Waals surface area contributed by atoms with Crippen LogP contribution in [-0.2, 0) is 6.54 Å². The van der Waals surface area contributed by atoms with Gasteiger partial charge in [0, 0.05) is 11.4 Å². The number of hydrogen-bond donors (Lipinski definition) is 1. The van der Waals surface area contributed by atoms with Gasteiger partial charge in [-0.1, -0.05) is 18.3 Å². The normalized spacial score (nSPS) is 10.9. The Morgan fingerprint density at radius 1 is 1.23 bits per heavy atom. The van der Waals surface area contributed by atoms with Crippen LogP contribution in [0, 0.1) is 6.92 Å². The number of benzene rings is 1. The summed E-state index contributed by atoms with van der Waals surface area (Å²) in [6.45, 7) is 6.20. The highest BCUT2D eigenvalue weighted by molar-refractivity contribution is 7.09. The van der Waals surface area contributed by atoms with Crippen LogP contribution in [0.4, 0.5) is 0 Å². The molecule has 1 aromatic carbocycles. The van der Waals surface area contributed by atoms with E-state index in [2.05, 4.69) is 6.92 Å². The van der Waals surface area contributed by atoms with Gasteiger partial charge >= 0.3 is 4.87 Å². The molecule has 0 unspecified atom stereocenters. The Bertz CT molecular complexity index is 644.